The fourth-order valence-corrected chi connectivity index (χ4v) is 1.95. The van der Waals surface area contributed by atoms with E-state index in [-0.39, 0.29) is 11.7 Å². The second kappa shape index (κ2) is 4.28. The Morgan fingerprint density at radius 1 is 1.32 bits per heavy atom. The van der Waals surface area contributed by atoms with Crippen molar-refractivity contribution in [3.8, 4) is 11.7 Å². The van der Waals surface area contributed by atoms with Crippen molar-refractivity contribution in [3.05, 3.63) is 41.8 Å². The fourth-order valence-electron chi connectivity index (χ4n) is 1.95. The molecule has 0 radical (unpaired) electrons. The third-order valence-electron chi connectivity index (χ3n) is 2.86. The van der Waals surface area contributed by atoms with Gasteiger partial charge in [0.25, 0.3) is 5.89 Å². The third kappa shape index (κ3) is 1.89. The molecule has 0 spiro atoms. The molecule has 1 N–H and O–H groups in total. The monoisotopic (exact) mass is 257 g/mol. The topological polar surface area (TPSA) is 76.5 Å². The summed E-state index contributed by atoms with van der Waals surface area (Å²) in [5.74, 6) is -0.612. The maximum absolute atomic E-state index is 11.0. The molecule has 2 aromatic heterocycles. The minimum Gasteiger partial charge on any atom is -0.475 e. The first-order chi connectivity index (χ1) is 9.19. The molecule has 0 unspecified atom stereocenters. The molecule has 2 heterocycles. The summed E-state index contributed by atoms with van der Waals surface area (Å²) < 4.78 is 10.9. The average Bonchev–Trinajstić information content (AvgIpc) is 3.02. The van der Waals surface area contributed by atoms with E-state index in [4.69, 9.17) is 13.9 Å². The molecule has 0 saturated heterocycles. The Morgan fingerprint density at radius 3 is 2.74 bits per heavy atom. The molecule has 1 aromatic carbocycles. The molecule has 0 saturated carbocycles. The molecule has 0 amide bonds. The van der Waals surface area contributed by atoms with Gasteiger partial charge in [0.15, 0.2) is 5.76 Å². The molecule has 96 valence electrons. The lowest BCUT2D eigenvalue weighted by molar-refractivity contribution is 0.0661. The van der Waals surface area contributed by atoms with E-state index in [0.29, 0.717) is 23.5 Å². The van der Waals surface area contributed by atoms with E-state index < -0.39 is 5.97 Å². The van der Waals surface area contributed by atoms with Crippen LogP contribution in [-0.2, 0) is 6.42 Å². The van der Waals surface area contributed by atoms with Crippen molar-refractivity contribution in [2.75, 3.05) is 0 Å². The number of aromatic carboxylic acids is 1. The van der Waals surface area contributed by atoms with Crippen LogP contribution in [0.2, 0.25) is 0 Å². The highest BCUT2D eigenvalue weighted by atomic mass is 16.4. The van der Waals surface area contributed by atoms with Gasteiger partial charge in [0.05, 0.1) is 5.69 Å². The minimum atomic E-state index is -1.12. The Kier molecular flexibility index (Phi) is 2.59. The Morgan fingerprint density at radius 2 is 2.11 bits per heavy atom. The van der Waals surface area contributed by atoms with Gasteiger partial charge in [-0.1, -0.05) is 25.1 Å². The molecule has 5 nitrogen and oxygen atoms in total. The molecule has 0 aliphatic rings. The zero-order valence-electron chi connectivity index (χ0n) is 10.2. The van der Waals surface area contributed by atoms with Crippen molar-refractivity contribution in [2.24, 2.45) is 0 Å². The lowest BCUT2D eigenvalue weighted by Gasteiger charge is -1.88. The molecule has 0 aliphatic heterocycles. The SMILES string of the molecule is CCc1nc(-c2cc3ccccc3o2)oc1C(=O)O. The van der Waals surface area contributed by atoms with Gasteiger partial charge < -0.3 is 13.9 Å². The molecule has 3 aromatic rings. The number of para-hydroxylation sites is 1. The zero-order chi connectivity index (χ0) is 13.4. The first-order valence-corrected chi connectivity index (χ1v) is 5.91. The number of aromatic nitrogens is 1. The quantitative estimate of drug-likeness (QED) is 0.778. The van der Waals surface area contributed by atoms with Crippen LogP contribution in [0, 0.1) is 0 Å². The highest BCUT2D eigenvalue weighted by Gasteiger charge is 2.20. The number of rotatable bonds is 3. The van der Waals surface area contributed by atoms with Crippen LogP contribution in [-0.4, -0.2) is 16.1 Å². The van der Waals surface area contributed by atoms with Crippen molar-refractivity contribution in [2.45, 2.75) is 13.3 Å². The number of benzene rings is 1. The van der Waals surface area contributed by atoms with E-state index in [9.17, 15) is 4.79 Å². The summed E-state index contributed by atoms with van der Waals surface area (Å²) in [4.78, 5) is 15.2. The lowest BCUT2D eigenvalue weighted by Crippen LogP contribution is -1.98. The van der Waals surface area contributed by atoms with Crippen LogP contribution >= 0.6 is 0 Å². The number of carboxylic acid groups (broad SMARTS) is 1. The zero-order valence-corrected chi connectivity index (χ0v) is 10.2. The van der Waals surface area contributed by atoms with Crippen LogP contribution in [0.4, 0.5) is 0 Å². The maximum atomic E-state index is 11.0. The van der Waals surface area contributed by atoms with Gasteiger partial charge in [-0.15, -0.1) is 0 Å². The van der Waals surface area contributed by atoms with Gasteiger partial charge in [0, 0.05) is 5.39 Å². The summed E-state index contributed by atoms with van der Waals surface area (Å²) >= 11 is 0. The second-order valence-corrected chi connectivity index (χ2v) is 4.10. The van der Waals surface area contributed by atoms with Crippen LogP contribution in [0.3, 0.4) is 0 Å². The number of fused-ring (bicyclic) bond motifs is 1. The Balaban J connectivity index is 2.13. The van der Waals surface area contributed by atoms with Crippen LogP contribution in [0.15, 0.2) is 39.2 Å². The molecule has 0 fully saturated rings. The molecule has 5 heteroatoms. The molecule has 19 heavy (non-hydrogen) atoms. The van der Waals surface area contributed by atoms with E-state index >= 15 is 0 Å². The number of nitrogens with zero attached hydrogens (tertiary/aromatic N) is 1. The van der Waals surface area contributed by atoms with Gasteiger partial charge in [0.1, 0.15) is 5.58 Å². The number of oxazole rings is 1. The molecule has 0 atom stereocenters. The van der Waals surface area contributed by atoms with Crippen molar-refractivity contribution in [3.63, 3.8) is 0 Å². The maximum Gasteiger partial charge on any atom is 0.373 e. The van der Waals surface area contributed by atoms with E-state index in [1.54, 1.807) is 6.07 Å². The molecule has 0 aliphatic carbocycles. The van der Waals surface area contributed by atoms with Gasteiger partial charge in [-0.3, -0.25) is 0 Å². The van der Waals surface area contributed by atoms with Gasteiger partial charge in [-0.05, 0) is 18.6 Å². The average molecular weight is 257 g/mol. The van der Waals surface area contributed by atoms with Crippen molar-refractivity contribution >= 4 is 16.9 Å². The summed E-state index contributed by atoms with van der Waals surface area (Å²) in [7, 11) is 0. The van der Waals surface area contributed by atoms with Crippen LogP contribution in [0.1, 0.15) is 23.2 Å². The number of aryl methyl sites for hydroxylation is 1. The van der Waals surface area contributed by atoms with Crippen LogP contribution in [0.25, 0.3) is 22.6 Å². The van der Waals surface area contributed by atoms with E-state index in [1.807, 2.05) is 31.2 Å². The molecular formula is C14H11NO4. The van der Waals surface area contributed by atoms with Crippen molar-refractivity contribution < 1.29 is 18.7 Å². The number of carboxylic acids is 1. The number of carbonyl (C=O) groups is 1. The highest BCUT2D eigenvalue weighted by Crippen LogP contribution is 2.28. The van der Waals surface area contributed by atoms with Gasteiger partial charge >= 0.3 is 5.97 Å². The van der Waals surface area contributed by atoms with Crippen molar-refractivity contribution in [1.82, 2.24) is 4.98 Å². The lowest BCUT2D eigenvalue weighted by atomic mass is 10.2. The van der Waals surface area contributed by atoms with E-state index in [1.165, 1.54) is 0 Å². The predicted octanol–water partition coefficient (Wildman–Crippen LogP) is 3.35. The standard InChI is InChI=1S/C14H11NO4/c1-2-9-12(14(16)17)19-13(15-9)11-7-8-5-3-4-6-10(8)18-11/h3-7H,2H2,1H3,(H,16,17). The van der Waals surface area contributed by atoms with Gasteiger partial charge in [0.2, 0.25) is 5.76 Å². The number of furan rings is 1. The fraction of sp³-hybridized carbons (Fsp3) is 0.143. The number of hydrogen-bond acceptors (Lipinski definition) is 4. The molecule has 0 bridgehead atoms. The van der Waals surface area contributed by atoms with Crippen LogP contribution < -0.4 is 0 Å². The molecular weight excluding hydrogens is 246 g/mol. The first kappa shape index (κ1) is 11.5. The second-order valence-electron chi connectivity index (χ2n) is 4.10. The smallest absolute Gasteiger partial charge is 0.373 e. The predicted molar refractivity (Wildman–Crippen MR) is 68.0 cm³/mol. The third-order valence-corrected chi connectivity index (χ3v) is 2.86. The number of hydrogen-bond donors (Lipinski definition) is 1. The summed E-state index contributed by atoms with van der Waals surface area (Å²) in [5, 5.41) is 9.95. The van der Waals surface area contributed by atoms with Crippen molar-refractivity contribution in [1.29, 1.82) is 0 Å². The Bertz CT molecular complexity index is 721. The summed E-state index contributed by atoms with van der Waals surface area (Å²) in [5.41, 5.74) is 1.13. The largest absolute Gasteiger partial charge is 0.475 e. The highest BCUT2D eigenvalue weighted by molar-refractivity contribution is 5.86. The molecule has 3 rings (SSSR count). The van der Waals surface area contributed by atoms with Gasteiger partial charge in [-0.2, -0.15) is 0 Å². The summed E-state index contributed by atoms with van der Waals surface area (Å²) in [6, 6.07) is 9.29. The normalized spacial score (nSPS) is 11.0. The summed E-state index contributed by atoms with van der Waals surface area (Å²) in [6.45, 7) is 1.83. The van der Waals surface area contributed by atoms with E-state index in [2.05, 4.69) is 4.98 Å². The minimum absolute atomic E-state index is 0.127. The Hall–Kier alpha value is -2.56. The first-order valence-electron chi connectivity index (χ1n) is 5.91. The van der Waals surface area contributed by atoms with E-state index in [0.717, 1.165) is 5.39 Å². The summed E-state index contributed by atoms with van der Waals surface area (Å²) in [6.07, 6.45) is 0.491. The van der Waals surface area contributed by atoms with Gasteiger partial charge in [-0.25, -0.2) is 9.78 Å². The van der Waals surface area contributed by atoms with Crippen LogP contribution in [0.5, 0.6) is 0 Å². The Labute approximate surface area is 108 Å².